The predicted molar refractivity (Wildman–Crippen MR) is 97.6 cm³/mol. The monoisotopic (exact) mass is 404 g/mol. The third-order valence-electron chi connectivity index (χ3n) is 3.81. The molecule has 0 aliphatic carbocycles. The quantitative estimate of drug-likeness (QED) is 0.703. The Morgan fingerprint density at radius 2 is 1.70 bits per heavy atom. The summed E-state index contributed by atoms with van der Waals surface area (Å²) in [6, 6.07) is 6.64. The molecule has 0 unspecified atom stereocenters. The number of nitrogens with zero attached hydrogens (tertiary/aromatic N) is 1. The van der Waals surface area contributed by atoms with E-state index in [0.717, 1.165) is 4.57 Å². The molecule has 2 N–H and O–H groups in total. The van der Waals surface area contributed by atoms with Crippen molar-refractivity contribution in [3.05, 3.63) is 51.3 Å². The number of alkyl halides is 3. The molecule has 9 heteroatoms. The van der Waals surface area contributed by atoms with Gasteiger partial charge >= 0.3 is 6.18 Å². The minimum Gasteiger partial charge on any atom is -0.384 e. The number of hydrogen-bond donors (Lipinski definition) is 1. The maximum Gasteiger partial charge on any atom is 0.431 e. The maximum absolute atomic E-state index is 13.5. The van der Waals surface area contributed by atoms with Crippen LogP contribution >= 0.6 is 11.6 Å². The fraction of sp³-hybridized carbons (Fsp3) is 0.389. The van der Waals surface area contributed by atoms with Gasteiger partial charge in [0, 0.05) is 24.3 Å². The highest BCUT2D eigenvalue weighted by atomic mass is 35.5. The average Bonchev–Trinajstić information content (AvgIpc) is 2.58. The predicted octanol–water partition coefficient (Wildman–Crippen LogP) is 4.17. The second kappa shape index (κ2) is 8.77. The number of aromatic nitrogens is 1. The van der Waals surface area contributed by atoms with Crippen molar-refractivity contribution >= 4 is 17.4 Å². The normalized spacial score (nSPS) is 12.0. The van der Waals surface area contributed by atoms with Gasteiger partial charge in [-0.15, -0.1) is 0 Å². The highest BCUT2D eigenvalue weighted by Crippen LogP contribution is 2.33. The third-order valence-corrected chi connectivity index (χ3v) is 4.06. The van der Waals surface area contributed by atoms with E-state index in [0.29, 0.717) is 16.7 Å². The highest BCUT2D eigenvalue weighted by Gasteiger charge is 2.36. The van der Waals surface area contributed by atoms with Crippen LogP contribution in [0.5, 0.6) is 0 Å². The van der Waals surface area contributed by atoms with Crippen molar-refractivity contribution in [2.45, 2.75) is 32.9 Å². The van der Waals surface area contributed by atoms with Crippen LogP contribution in [0.1, 0.15) is 19.5 Å². The number of ether oxygens (including phenoxy) is 2. The Morgan fingerprint density at radius 3 is 2.19 bits per heavy atom. The first-order chi connectivity index (χ1) is 12.7. The molecule has 0 spiro atoms. The smallest absolute Gasteiger partial charge is 0.384 e. The lowest BCUT2D eigenvalue weighted by Gasteiger charge is -2.24. The van der Waals surface area contributed by atoms with Crippen LogP contribution in [0.3, 0.4) is 0 Å². The van der Waals surface area contributed by atoms with E-state index in [1.807, 2.05) is 0 Å². The van der Waals surface area contributed by atoms with Gasteiger partial charge in [0.15, 0.2) is 11.7 Å². The van der Waals surface area contributed by atoms with Gasteiger partial charge in [-0.1, -0.05) is 23.7 Å². The Hall–Kier alpha value is -2.03. The van der Waals surface area contributed by atoms with E-state index in [1.54, 1.807) is 13.8 Å². The molecular formula is C18H20ClF3N2O3. The minimum absolute atomic E-state index is 0.0357. The number of nitrogens with two attached hydrogens (primary N) is 1. The summed E-state index contributed by atoms with van der Waals surface area (Å²) in [6.07, 6.45) is -5.71. The van der Waals surface area contributed by atoms with Gasteiger partial charge in [0.25, 0.3) is 0 Å². The SMILES string of the molecule is CCOC(Cn1c(C(F)(F)F)cc(=O)c(-c2ccc(Cl)cc2)c1N)OCC. The molecule has 0 saturated carbocycles. The number of nitrogen functional groups attached to an aromatic ring is 1. The van der Waals surface area contributed by atoms with Crippen LogP contribution in [0, 0.1) is 0 Å². The van der Waals surface area contributed by atoms with Crippen molar-refractivity contribution in [2.24, 2.45) is 0 Å². The summed E-state index contributed by atoms with van der Waals surface area (Å²) in [5.74, 6) is -0.318. The van der Waals surface area contributed by atoms with Crippen molar-refractivity contribution < 1.29 is 22.6 Å². The molecule has 0 aliphatic heterocycles. The average molecular weight is 405 g/mol. The van der Waals surface area contributed by atoms with Crippen molar-refractivity contribution in [3.63, 3.8) is 0 Å². The Morgan fingerprint density at radius 1 is 1.15 bits per heavy atom. The molecule has 27 heavy (non-hydrogen) atoms. The second-order valence-corrected chi connectivity index (χ2v) is 6.05. The molecule has 1 heterocycles. The minimum atomic E-state index is -4.77. The largest absolute Gasteiger partial charge is 0.431 e. The van der Waals surface area contributed by atoms with Gasteiger partial charge < -0.3 is 19.8 Å². The number of halogens is 4. The molecule has 5 nitrogen and oxygen atoms in total. The van der Waals surface area contributed by atoms with E-state index in [1.165, 1.54) is 24.3 Å². The Balaban J connectivity index is 2.65. The first-order valence-electron chi connectivity index (χ1n) is 8.28. The maximum atomic E-state index is 13.5. The van der Waals surface area contributed by atoms with E-state index in [9.17, 15) is 18.0 Å². The molecule has 148 valence electrons. The summed E-state index contributed by atoms with van der Waals surface area (Å²) in [6.45, 7) is 3.57. The summed E-state index contributed by atoms with van der Waals surface area (Å²) in [5.41, 5.74) is 4.35. The summed E-state index contributed by atoms with van der Waals surface area (Å²) >= 11 is 5.84. The molecule has 2 aromatic rings. The van der Waals surface area contributed by atoms with Crippen molar-refractivity contribution in [3.8, 4) is 11.1 Å². The zero-order chi connectivity index (χ0) is 20.2. The van der Waals surface area contributed by atoms with Crippen LogP contribution in [-0.4, -0.2) is 24.1 Å². The van der Waals surface area contributed by atoms with E-state index in [2.05, 4.69) is 0 Å². The van der Waals surface area contributed by atoms with Crippen LogP contribution in [0.15, 0.2) is 35.1 Å². The lowest BCUT2D eigenvalue weighted by atomic mass is 10.0. The molecule has 0 fully saturated rings. The van der Waals surface area contributed by atoms with Crippen molar-refractivity contribution in [2.75, 3.05) is 18.9 Å². The molecule has 1 aromatic heterocycles. The van der Waals surface area contributed by atoms with E-state index in [-0.39, 0.29) is 31.1 Å². The number of pyridine rings is 1. The first-order valence-corrected chi connectivity index (χ1v) is 8.66. The topological polar surface area (TPSA) is 66.5 Å². The molecular weight excluding hydrogens is 385 g/mol. The second-order valence-electron chi connectivity index (χ2n) is 5.61. The molecule has 0 saturated heterocycles. The first kappa shape index (κ1) is 21.3. The molecule has 0 bridgehead atoms. The molecule has 1 aromatic carbocycles. The summed E-state index contributed by atoms with van der Waals surface area (Å²) < 4.78 is 52.0. The lowest BCUT2D eigenvalue weighted by molar-refractivity contribution is -0.157. The molecule has 0 amide bonds. The van der Waals surface area contributed by atoms with Gasteiger partial charge in [0.05, 0.1) is 12.1 Å². The van der Waals surface area contributed by atoms with Crippen LogP contribution in [0.4, 0.5) is 19.0 Å². The fourth-order valence-corrected chi connectivity index (χ4v) is 2.80. The zero-order valence-electron chi connectivity index (χ0n) is 14.8. The van der Waals surface area contributed by atoms with E-state index in [4.69, 9.17) is 26.8 Å². The van der Waals surface area contributed by atoms with Crippen molar-refractivity contribution in [1.82, 2.24) is 4.57 Å². The standard InChI is InChI=1S/C18H20ClF3N2O3/c1-3-26-15(27-4-2)10-24-14(18(20,21)22)9-13(25)16(17(24)23)11-5-7-12(19)8-6-11/h5-9,15H,3-4,10,23H2,1-2H3. The summed E-state index contributed by atoms with van der Waals surface area (Å²) in [4.78, 5) is 12.4. The van der Waals surface area contributed by atoms with E-state index < -0.39 is 23.6 Å². The Labute approximate surface area is 159 Å². The number of hydrogen-bond acceptors (Lipinski definition) is 4. The molecule has 0 radical (unpaired) electrons. The Kier molecular flexibility index (Phi) is 6.91. The molecule has 2 rings (SSSR count). The van der Waals surface area contributed by atoms with Gasteiger partial charge in [0.2, 0.25) is 0 Å². The summed E-state index contributed by atoms with van der Waals surface area (Å²) in [7, 11) is 0. The van der Waals surface area contributed by atoms with Crippen molar-refractivity contribution in [1.29, 1.82) is 0 Å². The highest BCUT2D eigenvalue weighted by molar-refractivity contribution is 6.30. The molecule has 0 atom stereocenters. The third kappa shape index (κ3) is 5.03. The van der Waals surface area contributed by atoms with Crippen LogP contribution in [-0.2, 0) is 22.2 Å². The Bertz CT molecular complexity index is 829. The number of anilines is 1. The van der Waals surface area contributed by atoms with Gasteiger partial charge in [-0.3, -0.25) is 4.79 Å². The summed E-state index contributed by atoms with van der Waals surface area (Å²) in [5, 5.41) is 0.428. The number of benzene rings is 1. The molecule has 0 aliphatic rings. The van der Waals surface area contributed by atoms with Crippen LogP contribution in [0.2, 0.25) is 5.02 Å². The van der Waals surface area contributed by atoms with Gasteiger partial charge in [-0.25, -0.2) is 0 Å². The number of rotatable bonds is 7. The van der Waals surface area contributed by atoms with Gasteiger partial charge in [-0.2, -0.15) is 13.2 Å². The van der Waals surface area contributed by atoms with Gasteiger partial charge in [0.1, 0.15) is 11.5 Å². The zero-order valence-corrected chi connectivity index (χ0v) is 15.6. The van der Waals surface area contributed by atoms with E-state index >= 15 is 0 Å². The lowest BCUT2D eigenvalue weighted by Crippen LogP contribution is -2.31. The van der Waals surface area contributed by atoms with Crippen LogP contribution in [0.25, 0.3) is 11.1 Å². The fourth-order valence-electron chi connectivity index (χ4n) is 2.68. The van der Waals surface area contributed by atoms with Crippen LogP contribution < -0.4 is 11.2 Å². The van der Waals surface area contributed by atoms with Gasteiger partial charge in [-0.05, 0) is 31.5 Å².